The molecule has 0 atom stereocenters. The predicted molar refractivity (Wildman–Crippen MR) is 89.4 cm³/mol. The van der Waals surface area contributed by atoms with E-state index in [1.807, 2.05) is 24.3 Å². The third-order valence-corrected chi connectivity index (χ3v) is 4.14. The molecule has 0 radical (unpaired) electrons. The number of phenolic OH excluding ortho intramolecular Hbond substituents is 1. The zero-order valence-corrected chi connectivity index (χ0v) is 13.3. The van der Waals surface area contributed by atoms with Gasteiger partial charge in [-0.1, -0.05) is 35.3 Å². The predicted octanol–water partition coefficient (Wildman–Crippen LogP) is 4.57. The Balaban J connectivity index is 1.82. The topological polar surface area (TPSA) is 49.3 Å². The fourth-order valence-electron chi connectivity index (χ4n) is 1.64. The molecular weight excluding hydrogens is 329 g/mol. The lowest BCUT2D eigenvalue weighted by Gasteiger charge is -2.07. The lowest BCUT2D eigenvalue weighted by atomic mass is 10.2. The third-order valence-electron chi connectivity index (χ3n) is 2.65. The van der Waals surface area contributed by atoms with Gasteiger partial charge in [0.2, 0.25) is 5.91 Å². The van der Waals surface area contributed by atoms with Gasteiger partial charge >= 0.3 is 0 Å². The summed E-state index contributed by atoms with van der Waals surface area (Å²) in [5.41, 5.74) is 1.42. The van der Waals surface area contributed by atoms with Crippen LogP contribution in [0.5, 0.6) is 5.75 Å². The van der Waals surface area contributed by atoms with E-state index in [4.69, 9.17) is 23.2 Å². The molecule has 0 heterocycles. The lowest BCUT2D eigenvalue weighted by Crippen LogP contribution is -2.14. The van der Waals surface area contributed by atoms with Crippen LogP contribution in [0, 0.1) is 0 Å². The summed E-state index contributed by atoms with van der Waals surface area (Å²) < 4.78 is 0. The normalized spacial score (nSPS) is 10.4. The molecule has 1 amide bonds. The van der Waals surface area contributed by atoms with Crippen LogP contribution in [0.4, 0.5) is 5.69 Å². The van der Waals surface area contributed by atoms with Crippen molar-refractivity contribution in [3.05, 3.63) is 58.1 Å². The highest BCUT2D eigenvalue weighted by atomic mass is 35.5. The molecule has 2 N–H and O–H groups in total. The van der Waals surface area contributed by atoms with Gasteiger partial charge in [0.1, 0.15) is 5.75 Å². The van der Waals surface area contributed by atoms with Gasteiger partial charge in [0, 0.05) is 15.8 Å². The molecule has 0 spiro atoms. The molecular formula is C15H13Cl2NO2S. The Kier molecular flexibility index (Phi) is 5.79. The van der Waals surface area contributed by atoms with Crippen LogP contribution in [-0.2, 0) is 10.5 Å². The molecule has 0 aromatic heterocycles. The molecule has 2 rings (SSSR count). The molecule has 0 aliphatic heterocycles. The van der Waals surface area contributed by atoms with E-state index in [2.05, 4.69) is 5.32 Å². The fraction of sp³-hybridized carbons (Fsp3) is 0.133. The Bertz CT molecular complexity index is 632. The van der Waals surface area contributed by atoms with Crippen molar-refractivity contribution in [3.63, 3.8) is 0 Å². The Morgan fingerprint density at radius 3 is 2.48 bits per heavy atom. The smallest absolute Gasteiger partial charge is 0.234 e. The monoisotopic (exact) mass is 341 g/mol. The van der Waals surface area contributed by atoms with Crippen LogP contribution < -0.4 is 5.32 Å². The van der Waals surface area contributed by atoms with Crippen molar-refractivity contribution >= 4 is 46.6 Å². The van der Waals surface area contributed by atoms with Crippen molar-refractivity contribution in [3.8, 4) is 5.75 Å². The quantitative estimate of drug-likeness (QED) is 0.783. The first-order valence-electron chi connectivity index (χ1n) is 6.15. The van der Waals surface area contributed by atoms with Crippen molar-refractivity contribution in [2.45, 2.75) is 5.75 Å². The van der Waals surface area contributed by atoms with Gasteiger partial charge in [0.25, 0.3) is 0 Å². The maximum atomic E-state index is 11.8. The van der Waals surface area contributed by atoms with Crippen LogP contribution in [0.3, 0.4) is 0 Å². The second kappa shape index (κ2) is 7.59. The van der Waals surface area contributed by atoms with E-state index in [0.29, 0.717) is 21.5 Å². The van der Waals surface area contributed by atoms with Gasteiger partial charge in [-0.05, 0) is 35.9 Å². The summed E-state index contributed by atoms with van der Waals surface area (Å²) in [5.74, 6) is 0.808. The molecule has 110 valence electrons. The first-order valence-corrected chi connectivity index (χ1v) is 8.06. The number of aromatic hydroxyl groups is 1. The summed E-state index contributed by atoms with van der Waals surface area (Å²) in [4.78, 5) is 11.8. The van der Waals surface area contributed by atoms with Gasteiger partial charge in [-0.2, -0.15) is 0 Å². The number of hydrogen-bond acceptors (Lipinski definition) is 3. The summed E-state index contributed by atoms with van der Waals surface area (Å²) >= 11 is 13.1. The van der Waals surface area contributed by atoms with E-state index >= 15 is 0 Å². The fourth-order valence-corrected chi connectivity index (χ4v) is 2.72. The molecule has 0 bridgehead atoms. The highest BCUT2D eigenvalue weighted by Gasteiger charge is 2.07. The molecule has 2 aromatic rings. The van der Waals surface area contributed by atoms with Crippen LogP contribution in [-0.4, -0.2) is 16.8 Å². The number of benzene rings is 2. The highest BCUT2D eigenvalue weighted by Crippen LogP contribution is 2.26. The summed E-state index contributed by atoms with van der Waals surface area (Å²) in [5, 5.41) is 13.4. The number of amides is 1. The minimum Gasteiger partial charge on any atom is -0.506 e. The van der Waals surface area contributed by atoms with E-state index in [-0.39, 0.29) is 17.4 Å². The second-order valence-corrected chi connectivity index (χ2v) is 6.19. The molecule has 0 aliphatic carbocycles. The van der Waals surface area contributed by atoms with Gasteiger partial charge in [0.15, 0.2) is 0 Å². The zero-order chi connectivity index (χ0) is 15.2. The number of carbonyl (C=O) groups is 1. The number of anilines is 1. The number of hydrogen-bond donors (Lipinski definition) is 2. The Morgan fingerprint density at radius 2 is 1.76 bits per heavy atom. The maximum absolute atomic E-state index is 11.8. The van der Waals surface area contributed by atoms with Crippen molar-refractivity contribution in [2.75, 3.05) is 11.1 Å². The van der Waals surface area contributed by atoms with Crippen LogP contribution in [0.15, 0.2) is 42.5 Å². The summed E-state index contributed by atoms with van der Waals surface area (Å²) in [6.45, 7) is 0. The zero-order valence-electron chi connectivity index (χ0n) is 11.0. The van der Waals surface area contributed by atoms with Gasteiger partial charge < -0.3 is 10.4 Å². The molecule has 21 heavy (non-hydrogen) atoms. The largest absolute Gasteiger partial charge is 0.506 e. The van der Waals surface area contributed by atoms with E-state index in [1.54, 1.807) is 6.07 Å². The Hall–Kier alpha value is -1.36. The average molecular weight is 342 g/mol. The third kappa shape index (κ3) is 5.16. The van der Waals surface area contributed by atoms with Gasteiger partial charge in [0.05, 0.1) is 11.4 Å². The Morgan fingerprint density at radius 1 is 1.10 bits per heavy atom. The van der Waals surface area contributed by atoms with Crippen LogP contribution >= 0.6 is 35.0 Å². The van der Waals surface area contributed by atoms with Crippen molar-refractivity contribution < 1.29 is 9.90 Å². The summed E-state index contributed by atoms with van der Waals surface area (Å²) in [7, 11) is 0. The first kappa shape index (κ1) is 16.0. The van der Waals surface area contributed by atoms with Gasteiger partial charge in [-0.3, -0.25) is 4.79 Å². The standard InChI is InChI=1S/C15H13Cl2NO2S/c16-11-3-1-10(2-4-11)8-21-9-15(20)18-13-7-12(17)5-6-14(13)19/h1-7,19H,8-9H2,(H,18,20). The summed E-state index contributed by atoms with van der Waals surface area (Å²) in [6, 6.07) is 12.0. The van der Waals surface area contributed by atoms with Crippen LogP contribution in [0.1, 0.15) is 5.56 Å². The maximum Gasteiger partial charge on any atom is 0.234 e. The molecule has 6 heteroatoms. The molecule has 0 unspecified atom stereocenters. The van der Waals surface area contributed by atoms with Crippen molar-refractivity contribution in [1.29, 1.82) is 0 Å². The molecule has 3 nitrogen and oxygen atoms in total. The van der Waals surface area contributed by atoms with E-state index in [0.717, 1.165) is 5.56 Å². The van der Waals surface area contributed by atoms with E-state index in [9.17, 15) is 9.90 Å². The van der Waals surface area contributed by atoms with Gasteiger partial charge in [-0.15, -0.1) is 11.8 Å². The molecule has 0 aliphatic rings. The number of halogens is 2. The van der Waals surface area contributed by atoms with Crippen LogP contribution in [0.25, 0.3) is 0 Å². The van der Waals surface area contributed by atoms with Crippen LogP contribution in [0.2, 0.25) is 10.0 Å². The number of phenols is 1. The number of carbonyl (C=O) groups excluding carboxylic acids is 1. The summed E-state index contributed by atoms with van der Waals surface area (Å²) in [6.07, 6.45) is 0. The van der Waals surface area contributed by atoms with E-state index in [1.165, 1.54) is 23.9 Å². The lowest BCUT2D eigenvalue weighted by molar-refractivity contribution is -0.113. The molecule has 0 saturated heterocycles. The first-order chi connectivity index (χ1) is 10.0. The number of rotatable bonds is 5. The van der Waals surface area contributed by atoms with E-state index < -0.39 is 0 Å². The van der Waals surface area contributed by atoms with Gasteiger partial charge in [-0.25, -0.2) is 0 Å². The molecule has 0 saturated carbocycles. The molecule has 0 fully saturated rings. The molecule has 2 aromatic carbocycles. The highest BCUT2D eigenvalue weighted by molar-refractivity contribution is 7.99. The number of thioether (sulfide) groups is 1. The Labute approximate surface area is 137 Å². The number of nitrogens with one attached hydrogen (secondary N) is 1. The van der Waals surface area contributed by atoms with Crippen molar-refractivity contribution in [2.24, 2.45) is 0 Å². The minimum absolute atomic E-state index is 0.00421. The average Bonchev–Trinajstić information content (AvgIpc) is 2.45. The van der Waals surface area contributed by atoms with Crippen molar-refractivity contribution in [1.82, 2.24) is 0 Å². The second-order valence-electron chi connectivity index (χ2n) is 4.33. The minimum atomic E-state index is -0.188. The SMILES string of the molecule is O=C(CSCc1ccc(Cl)cc1)Nc1cc(Cl)ccc1O.